The van der Waals surface area contributed by atoms with E-state index < -0.39 is 0 Å². The van der Waals surface area contributed by atoms with Crippen molar-refractivity contribution in [2.45, 2.75) is 58.4 Å². The number of methoxy groups -OCH3 is 1. The molecular weight excluding hydrogens is 354 g/mol. The number of benzene rings is 1. The molecule has 1 amide bonds. The van der Waals surface area contributed by atoms with Crippen LogP contribution in [0.5, 0.6) is 5.75 Å². The molecule has 1 aromatic carbocycles. The van der Waals surface area contributed by atoms with Crippen molar-refractivity contribution >= 4 is 5.91 Å². The summed E-state index contributed by atoms with van der Waals surface area (Å²) in [5.41, 5.74) is 2.31. The average Bonchev–Trinajstić information content (AvgIpc) is 2.93. The van der Waals surface area contributed by atoms with Crippen LogP contribution in [0.2, 0.25) is 0 Å². The number of rotatable bonds is 5. The summed E-state index contributed by atoms with van der Waals surface area (Å²) >= 11 is 0. The van der Waals surface area contributed by atoms with Crippen molar-refractivity contribution in [1.82, 2.24) is 14.9 Å². The van der Waals surface area contributed by atoms with E-state index in [-0.39, 0.29) is 17.5 Å². The molecule has 0 saturated carbocycles. The number of aryl methyl sites for hydroxylation is 2. The Kier molecular flexibility index (Phi) is 6.49. The van der Waals surface area contributed by atoms with Gasteiger partial charge in [0.05, 0.1) is 13.2 Å². The zero-order valence-corrected chi connectivity index (χ0v) is 17.0. The van der Waals surface area contributed by atoms with Crippen LogP contribution in [0.25, 0.3) is 0 Å². The van der Waals surface area contributed by atoms with Gasteiger partial charge in [0.15, 0.2) is 0 Å². The van der Waals surface area contributed by atoms with Crippen molar-refractivity contribution in [3.8, 4) is 5.75 Å². The molecule has 6 nitrogen and oxygen atoms in total. The Morgan fingerprint density at radius 2 is 1.96 bits per heavy atom. The Bertz CT molecular complexity index is 874. The van der Waals surface area contributed by atoms with Gasteiger partial charge >= 0.3 is 0 Å². The van der Waals surface area contributed by atoms with Crippen LogP contribution < -0.4 is 10.3 Å². The third-order valence-electron chi connectivity index (χ3n) is 5.50. The molecule has 3 rings (SSSR count). The van der Waals surface area contributed by atoms with Crippen molar-refractivity contribution in [3.05, 3.63) is 57.3 Å². The number of aromatic amines is 1. The van der Waals surface area contributed by atoms with Crippen molar-refractivity contribution in [2.75, 3.05) is 13.7 Å². The fourth-order valence-electron chi connectivity index (χ4n) is 4.00. The molecule has 2 aromatic rings. The van der Waals surface area contributed by atoms with Gasteiger partial charge in [-0.05, 0) is 50.8 Å². The number of carbonyl (C=O) groups is 1. The van der Waals surface area contributed by atoms with Crippen LogP contribution >= 0.6 is 0 Å². The van der Waals surface area contributed by atoms with Crippen molar-refractivity contribution < 1.29 is 9.53 Å². The second-order valence-electron chi connectivity index (χ2n) is 7.44. The summed E-state index contributed by atoms with van der Waals surface area (Å²) < 4.78 is 5.25. The van der Waals surface area contributed by atoms with Gasteiger partial charge in [0, 0.05) is 24.2 Å². The number of carbonyl (C=O) groups excluding carboxylic acids is 1. The van der Waals surface area contributed by atoms with E-state index in [0.29, 0.717) is 29.9 Å². The van der Waals surface area contributed by atoms with Gasteiger partial charge in [0.2, 0.25) is 5.91 Å². The minimum atomic E-state index is -0.139. The first kappa shape index (κ1) is 20.1. The molecule has 6 heteroatoms. The summed E-state index contributed by atoms with van der Waals surface area (Å²) in [6.45, 7) is 4.35. The number of ether oxygens (including phenoxy) is 1. The second kappa shape index (κ2) is 9.04. The summed E-state index contributed by atoms with van der Waals surface area (Å²) in [6, 6.07) is 8.08. The summed E-state index contributed by atoms with van der Waals surface area (Å²) in [5, 5.41) is 0. The lowest BCUT2D eigenvalue weighted by Gasteiger charge is -2.31. The molecule has 1 N–H and O–H groups in total. The lowest BCUT2D eigenvalue weighted by Crippen LogP contribution is -2.35. The third kappa shape index (κ3) is 4.61. The predicted molar refractivity (Wildman–Crippen MR) is 109 cm³/mol. The molecule has 28 heavy (non-hydrogen) atoms. The van der Waals surface area contributed by atoms with Crippen LogP contribution in [-0.4, -0.2) is 34.4 Å². The Morgan fingerprint density at radius 1 is 1.21 bits per heavy atom. The minimum Gasteiger partial charge on any atom is -0.497 e. The average molecular weight is 383 g/mol. The van der Waals surface area contributed by atoms with Crippen LogP contribution in [0.15, 0.2) is 29.1 Å². The predicted octanol–water partition coefficient (Wildman–Crippen LogP) is 3.47. The Hall–Kier alpha value is -2.63. The van der Waals surface area contributed by atoms with Gasteiger partial charge in [-0.2, -0.15) is 0 Å². The maximum absolute atomic E-state index is 13.1. The molecule has 0 aliphatic carbocycles. The number of H-pyrrole nitrogens is 1. The molecule has 2 heterocycles. The topological polar surface area (TPSA) is 75.3 Å². The molecule has 0 radical (unpaired) electrons. The molecule has 0 spiro atoms. The maximum Gasteiger partial charge on any atom is 0.254 e. The molecule has 1 saturated heterocycles. The largest absolute Gasteiger partial charge is 0.497 e. The lowest BCUT2D eigenvalue weighted by atomic mass is 10.00. The van der Waals surface area contributed by atoms with Gasteiger partial charge in [-0.15, -0.1) is 0 Å². The van der Waals surface area contributed by atoms with E-state index in [1.807, 2.05) is 36.1 Å². The third-order valence-corrected chi connectivity index (χ3v) is 5.50. The van der Waals surface area contributed by atoms with E-state index in [1.54, 1.807) is 14.0 Å². The fourth-order valence-corrected chi connectivity index (χ4v) is 4.00. The van der Waals surface area contributed by atoms with Gasteiger partial charge in [-0.3, -0.25) is 9.59 Å². The molecular formula is C22H29N3O3. The first-order chi connectivity index (χ1) is 13.5. The highest BCUT2D eigenvalue weighted by Crippen LogP contribution is 2.31. The first-order valence-electron chi connectivity index (χ1n) is 9.99. The van der Waals surface area contributed by atoms with Crippen molar-refractivity contribution in [2.24, 2.45) is 0 Å². The highest BCUT2D eigenvalue weighted by atomic mass is 16.5. The van der Waals surface area contributed by atoms with E-state index in [0.717, 1.165) is 43.5 Å². The van der Waals surface area contributed by atoms with E-state index in [2.05, 4.69) is 9.97 Å². The highest BCUT2D eigenvalue weighted by molar-refractivity contribution is 5.77. The monoisotopic (exact) mass is 383 g/mol. The Labute approximate surface area is 165 Å². The van der Waals surface area contributed by atoms with Crippen molar-refractivity contribution in [1.29, 1.82) is 0 Å². The number of hydrogen-bond donors (Lipinski definition) is 1. The molecule has 1 aromatic heterocycles. The van der Waals surface area contributed by atoms with E-state index in [1.165, 1.54) is 0 Å². The standard InChI is InChI=1S/C22H29N3O3/c1-15-19(22(27)24-16(2)23-15)12-13-21(26)25-14-6-4-5-7-20(25)17-8-10-18(28-3)11-9-17/h8-11,20H,4-7,12-14H2,1-3H3,(H,23,24,27)/t20-/m1/s1. The van der Waals surface area contributed by atoms with E-state index in [9.17, 15) is 9.59 Å². The SMILES string of the molecule is COc1ccc([C@H]2CCCCCN2C(=O)CCc2c(C)nc(C)[nH]c2=O)cc1. The van der Waals surface area contributed by atoms with Gasteiger partial charge in [-0.25, -0.2) is 4.98 Å². The van der Waals surface area contributed by atoms with Crippen LogP contribution in [-0.2, 0) is 11.2 Å². The summed E-state index contributed by atoms with van der Waals surface area (Å²) in [5.74, 6) is 1.52. The van der Waals surface area contributed by atoms with Crippen LogP contribution in [0.4, 0.5) is 0 Å². The minimum absolute atomic E-state index is 0.0800. The molecule has 1 atom stereocenters. The summed E-state index contributed by atoms with van der Waals surface area (Å²) in [6.07, 6.45) is 4.96. The molecule has 150 valence electrons. The zero-order chi connectivity index (χ0) is 20.1. The summed E-state index contributed by atoms with van der Waals surface area (Å²) in [7, 11) is 1.65. The van der Waals surface area contributed by atoms with Crippen LogP contribution in [0.3, 0.4) is 0 Å². The van der Waals surface area contributed by atoms with E-state index in [4.69, 9.17) is 4.74 Å². The van der Waals surface area contributed by atoms with Crippen LogP contribution in [0.1, 0.15) is 60.8 Å². The number of nitrogens with zero attached hydrogens (tertiary/aromatic N) is 2. The smallest absolute Gasteiger partial charge is 0.254 e. The normalized spacial score (nSPS) is 17.2. The quantitative estimate of drug-likeness (QED) is 0.858. The number of likely N-dealkylation sites (tertiary alicyclic amines) is 1. The van der Waals surface area contributed by atoms with Crippen LogP contribution in [0, 0.1) is 13.8 Å². The number of nitrogens with one attached hydrogen (secondary N) is 1. The molecule has 1 fully saturated rings. The van der Waals surface area contributed by atoms with Crippen molar-refractivity contribution in [3.63, 3.8) is 0 Å². The highest BCUT2D eigenvalue weighted by Gasteiger charge is 2.26. The lowest BCUT2D eigenvalue weighted by molar-refractivity contribution is -0.133. The maximum atomic E-state index is 13.1. The Balaban J connectivity index is 1.76. The fraction of sp³-hybridized carbons (Fsp3) is 0.500. The second-order valence-corrected chi connectivity index (χ2v) is 7.44. The number of hydrogen-bond acceptors (Lipinski definition) is 4. The van der Waals surface area contributed by atoms with Gasteiger partial charge in [0.25, 0.3) is 5.56 Å². The molecule has 0 unspecified atom stereocenters. The number of aromatic nitrogens is 2. The first-order valence-corrected chi connectivity index (χ1v) is 9.99. The van der Waals surface area contributed by atoms with Gasteiger partial charge in [-0.1, -0.05) is 25.0 Å². The van der Waals surface area contributed by atoms with Gasteiger partial charge in [0.1, 0.15) is 11.6 Å². The number of amides is 1. The Morgan fingerprint density at radius 3 is 2.64 bits per heavy atom. The molecule has 1 aliphatic heterocycles. The molecule has 0 bridgehead atoms. The van der Waals surface area contributed by atoms with E-state index >= 15 is 0 Å². The summed E-state index contributed by atoms with van der Waals surface area (Å²) in [4.78, 5) is 34.4. The van der Waals surface area contributed by atoms with Gasteiger partial charge < -0.3 is 14.6 Å². The molecule has 1 aliphatic rings. The zero-order valence-electron chi connectivity index (χ0n) is 17.0.